The van der Waals surface area contributed by atoms with E-state index in [1.54, 1.807) is 0 Å². The molecular weight excluding hydrogens is 247 g/mol. The van der Waals surface area contributed by atoms with E-state index in [0.717, 1.165) is 18.4 Å². The summed E-state index contributed by atoms with van der Waals surface area (Å²) in [4.78, 5) is 7.61. The van der Waals surface area contributed by atoms with Crippen LogP contribution in [-0.4, -0.2) is 16.6 Å². The molecule has 0 radical (unpaired) electrons. The first kappa shape index (κ1) is 11.4. The highest BCUT2D eigenvalue weighted by atomic mass is 35.5. The van der Waals surface area contributed by atoms with E-state index in [1.807, 2.05) is 6.08 Å². The van der Waals surface area contributed by atoms with Gasteiger partial charge >= 0.3 is 0 Å². The SMILES string of the molecule is Clc1ncc(OCC2=CCCC=C2)c(Cl)n1. The second-order valence-corrected chi connectivity index (χ2v) is 4.04. The second kappa shape index (κ2) is 5.32. The lowest BCUT2D eigenvalue weighted by Gasteiger charge is -2.09. The highest BCUT2D eigenvalue weighted by Gasteiger charge is 2.06. The van der Waals surface area contributed by atoms with Crippen molar-refractivity contribution in [3.63, 3.8) is 0 Å². The smallest absolute Gasteiger partial charge is 0.224 e. The van der Waals surface area contributed by atoms with Gasteiger partial charge in [0.25, 0.3) is 0 Å². The van der Waals surface area contributed by atoms with Gasteiger partial charge in [-0.1, -0.05) is 29.8 Å². The minimum absolute atomic E-state index is 0.120. The maximum Gasteiger partial charge on any atom is 0.224 e. The Morgan fingerprint density at radius 1 is 1.31 bits per heavy atom. The number of rotatable bonds is 3. The molecule has 1 aromatic heterocycles. The van der Waals surface area contributed by atoms with Crippen LogP contribution in [0.25, 0.3) is 0 Å². The molecule has 0 saturated carbocycles. The molecule has 84 valence electrons. The predicted molar refractivity (Wildman–Crippen MR) is 64.0 cm³/mol. The lowest BCUT2D eigenvalue weighted by atomic mass is 10.1. The van der Waals surface area contributed by atoms with E-state index >= 15 is 0 Å². The molecule has 1 aromatic rings. The van der Waals surface area contributed by atoms with Crippen LogP contribution in [-0.2, 0) is 0 Å². The summed E-state index contributed by atoms with van der Waals surface area (Å²) in [6.07, 6.45) is 9.94. The van der Waals surface area contributed by atoms with E-state index < -0.39 is 0 Å². The summed E-state index contributed by atoms with van der Waals surface area (Å²) in [6, 6.07) is 0. The molecule has 0 atom stereocenters. The van der Waals surface area contributed by atoms with Crippen molar-refractivity contribution in [3.8, 4) is 5.75 Å². The van der Waals surface area contributed by atoms with Crippen LogP contribution in [0.5, 0.6) is 5.75 Å². The Morgan fingerprint density at radius 3 is 2.88 bits per heavy atom. The number of ether oxygens (including phenoxy) is 1. The highest BCUT2D eigenvalue weighted by Crippen LogP contribution is 2.23. The summed E-state index contributed by atoms with van der Waals surface area (Å²) >= 11 is 11.4. The Hall–Kier alpha value is -1.06. The fourth-order valence-corrected chi connectivity index (χ4v) is 1.72. The summed E-state index contributed by atoms with van der Waals surface area (Å²) in [5.74, 6) is 0.450. The lowest BCUT2D eigenvalue weighted by Crippen LogP contribution is -2.02. The molecule has 16 heavy (non-hydrogen) atoms. The van der Waals surface area contributed by atoms with E-state index in [4.69, 9.17) is 27.9 Å². The number of halogens is 2. The van der Waals surface area contributed by atoms with E-state index in [-0.39, 0.29) is 10.4 Å². The largest absolute Gasteiger partial charge is 0.484 e. The van der Waals surface area contributed by atoms with Crippen molar-refractivity contribution in [3.05, 3.63) is 40.4 Å². The standard InChI is InChI=1S/C11H10Cl2N2O/c12-10-9(6-14-11(13)15-10)16-7-8-4-2-1-3-5-8/h2,4-6H,1,3,7H2. The zero-order valence-electron chi connectivity index (χ0n) is 8.49. The molecule has 0 unspecified atom stereocenters. The fraction of sp³-hybridized carbons (Fsp3) is 0.273. The summed E-state index contributed by atoms with van der Waals surface area (Å²) in [7, 11) is 0. The Balaban J connectivity index is 1.99. The summed E-state index contributed by atoms with van der Waals surface area (Å²) < 4.78 is 5.50. The molecule has 0 amide bonds. The average Bonchev–Trinajstić information content (AvgIpc) is 2.29. The molecule has 0 aliphatic heterocycles. The topological polar surface area (TPSA) is 35.0 Å². The van der Waals surface area contributed by atoms with E-state index in [1.165, 1.54) is 6.20 Å². The average molecular weight is 257 g/mol. The van der Waals surface area contributed by atoms with Crippen molar-refractivity contribution < 1.29 is 4.74 Å². The molecular formula is C11H10Cl2N2O. The second-order valence-electron chi connectivity index (χ2n) is 3.34. The zero-order valence-corrected chi connectivity index (χ0v) is 10.0. The van der Waals surface area contributed by atoms with Gasteiger partial charge in [-0.25, -0.2) is 9.97 Å². The van der Waals surface area contributed by atoms with E-state index in [2.05, 4.69) is 22.1 Å². The minimum Gasteiger partial charge on any atom is -0.484 e. The third-order valence-electron chi connectivity index (χ3n) is 2.15. The molecule has 0 spiro atoms. The third-order valence-corrected chi connectivity index (χ3v) is 2.60. The maximum atomic E-state index is 5.85. The molecule has 0 saturated heterocycles. The molecule has 0 fully saturated rings. The third kappa shape index (κ3) is 2.97. The predicted octanol–water partition coefficient (Wildman–Crippen LogP) is 3.44. The summed E-state index contributed by atoms with van der Waals surface area (Å²) in [6.45, 7) is 0.473. The van der Waals surface area contributed by atoms with Crippen LogP contribution in [0.1, 0.15) is 12.8 Å². The fourth-order valence-electron chi connectivity index (χ4n) is 1.36. The van der Waals surface area contributed by atoms with Crippen LogP contribution in [0.4, 0.5) is 0 Å². The molecule has 1 aliphatic rings. The molecule has 0 bridgehead atoms. The Kier molecular flexibility index (Phi) is 3.80. The molecule has 3 nitrogen and oxygen atoms in total. The van der Waals surface area contributed by atoms with Gasteiger partial charge < -0.3 is 4.74 Å². The number of hydrogen-bond acceptors (Lipinski definition) is 3. The monoisotopic (exact) mass is 256 g/mol. The van der Waals surface area contributed by atoms with Crippen LogP contribution >= 0.6 is 23.2 Å². The minimum atomic E-state index is 0.120. The molecule has 0 aromatic carbocycles. The van der Waals surface area contributed by atoms with Crippen LogP contribution in [0, 0.1) is 0 Å². The van der Waals surface area contributed by atoms with Crippen LogP contribution in [0.3, 0.4) is 0 Å². The number of allylic oxidation sites excluding steroid dienone is 2. The Bertz CT molecular complexity index is 444. The first-order chi connectivity index (χ1) is 7.75. The van der Waals surface area contributed by atoms with Crippen molar-refractivity contribution in [1.29, 1.82) is 0 Å². The van der Waals surface area contributed by atoms with Gasteiger partial charge in [0.1, 0.15) is 6.61 Å². The maximum absolute atomic E-state index is 5.85. The van der Waals surface area contributed by atoms with Gasteiger partial charge in [0.2, 0.25) is 5.28 Å². The van der Waals surface area contributed by atoms with Gasteiger partial charge in [-0.3, -0.25) is 0 Å². The quantitative estimate of drug-likeness (QED) is 0.614. The molecule has 1 heterocycles. The van der Waals surface area contributed by atoms with E-state index in [9.17, 15) is 0 Å². The lowest BCUT2D eigenvalue weighted by molar-refractivity contribution is 0.352. The first-order valence-electron chi connectivity index (χ1n) is 4.92. The molecule has 1 aliphatic carbocycles. The molecule has 5 heteroatoms. The summed E-state index contributed by atoms with van der Waals surface area (Å²) in [5, 5.41) is 0.356. The van der Waals surface area contributed by atoms with Crippen molar-refractivity contribution >= 4 is 23.2 Å². The molecule has 0 N–H and O–H groups in total. The van der Waals surface area contributed by atoms with Gasteiger partial charge in [0, 0.05) is 0 Å². The summed E-state index contributed by atoms with van der Waals surface area (Å²) in [5.41, 5.74) is 1.14. The van der Waals surface area contributed by atoms with Crippen LogP contribution in [0.2, 0.25) is 10.4 Å². The molecule has 2 rings (SSSR count). The highest BCUT2D eigenvalue weighted by molar-refractivity contribution is 6.32. The van der Waals surface area contributed by atoms with Gasteiger partial charge in [-0.2, -0.15) is 0 Å². The zero-order chi connectivity index (χ0) is 11.4. The van der Waals surface area contributed by atoms with Crippen molar-refractivity contribution in [2.24, 2.45) is 0 Å². The van der Waals surface area contributed by atoms with Gasteiger partial charge in [0.05, 0.1) is 6.20 Å². The number of aromatic nitrogens is 2. The van der Waals surface area contributed by atoms with E-state index in [0.29, 0.717) is 12.4 Å². The van der Waals surface area contributed by atoms with Crippen molar-refractivity contribution in [2.45, 2.75) is 12.8 Å². The Morgan fingerprint density at radius 2 is 2.19 bits per heavy atom. The Labute approximate surface area is 104 Å². The van der Waals surface area contributed by atoms with Gasteiger partial charge in [-0.15, -0.1) is 0 Å². The van der Waals surface area contributed by atoms with Gasteiger partial charge in [0.15, 0.2) is 10.9 Å². The first-order valence-corrected chi connectivity index (χ1v) is 5.68. The number of nitrogens with zero attached hydrogens (tertiary/aromatic N) is 2. The normalized spacial score (nSPS) is 14.8. The number of hydrogen-bond donors (Lipinski definition) is 0. The van der Waals surface area contributed by atoms with Crippen molar-refractivity contribution in [1.82, 2.24) is 9.97 Å². The van der Waals surface area contributed by atoms with Crippen LogP contribution < -0.4 is 4.74 Å². The van der Waals surface area contributed by atoms with Gasteiger partial charge in [-0.05, 0) is 30.0 Å². The van der Waals surface area contributed by atoms with Crippen LogP contribution in [0.15, 0.2) is 30.0 Å². The van der Waals surface area contributed by atoms with Crippen molar-refractivity contribution in [2.75, 3.05) is 6.61 Å².